The maximum Gasteiger partial charge on any atom is 0.163 e. The Hall–Kier alpha value is -2.73. The van der Waals surface area contributed by atoms with Crippen LogP contribution in [-0.4, -0.2) is 80.2 Å². The summed E-state index contributed by atoms with van der Waals surface area (Å²) in [5.41, 5.74) is 8.28. The molecule has 0 bridgehead atoms. The molecule has 1 aliphatic rings. The zero-order valence-electron chi connectivity index (χ0n) is 22.4. The standard InChI is InChI=1S/C26H36ClN5O5S/c1-15-24(23(16(2)28)17(3)33)30-25(31-26(15)32-10-8-20(9-11-32)38(5,35)36)21-12-19(6-7-22(21)27)37-14-18(34)13-29-4/h6-7,12,18,20,29,34H,8-11,13-14,28H2,1-5H3/t18-/m1/s1. The Morgan fingerprint density at radius 2 is 1.95 bits per heavy atom. The van der Waals surface area contributed by atoms with Crippen molar-refractivity contribution >= 4 is 38.6 Å². The van der Waals surface area contributed by atoms with Gasteiger partial charge in [0, 0.05) is 42.7 Å². The number of carbonyl (C=O) groups excluding carboxylic acids is 1. The van der Waals surface area contributed by atoms with Gasteiger partial charge >= 0.3 is 0 Å². The van der Waals surface area contributed by atoms with Crippen molar-refractivity contribution in [3.8, 4) is 17.1 Å². The molecule has 1 aromatic carbocycles. The average molecular weight is 566 g/mol. The number of aliphatic hydroxyl groups is 1. The number of Topliss-reactive ketones (excluding diaryl/α,β-unsaturated/α-hetero) is 1. The lowest BCUT2D eigenvalue weighted by Crippen LogP contribution is -2.40. The predicted molar refractivity (Wildman–Crippen MR) is 150 cm³/mol. The van der Waals surface area contributed by atoms with Crippen molar-refractivity contribution < 1.29 is 23.1 Å². The number of ether oxygens (including phenoxy) is 1. The number of benzene rings is 1. The summed E-state index contributed by atoms with van der Waals surface area (Å²) >= 11 is 6.57. The second kappa shape index (κ2) is 12.4. The third-order valence-electron chi connectivity index (χ3n) is 6.51. The van der Waals surface area contributed by atoms with Gasteiger partial charge in [-0.25, -0.2) is 18.4 Å². The summed E-state index contributed by atoms with van der Waals surface area (Å²) in [5.74, 6) is 1.10. The third-order valence-corrected chi connectivity index (χ3v) is 8.52. The monoisotopic (exact) mass is 565 g/mol. The number of aromatic nitrogens is 2. The van der Waals surface area contributed by atoms with Gasteiger partial charge in [0.2, 0.25) is 0 Å². The van der Waals surface area contributed by atoms with Crippen molar-refractivity contribution in [3.63, 3.8) is 0 Å². The van der Waals surface area contributed by atoms with Gasteiger partial charge in [0.1, 0.15) is 34.1 Å². The Morgan fingerprint density at radius 3 is 2.50 bits per heavy atom. The molecule has 0 unspecified atom stereocenters. The first-order valence-electron chi connectivity index (χ1n) is 12.4. The molecular weight excluding hydrogens is 530 g/mol. The molecule has 2 heterocycles. The molecular formula is C26H36ClN5O5S. The van der Waals surface area contributed by atoms with E-state index < -0.39 is 21.2 Å². The number of sulfone groups is 1. The maximum absolute atomic E-state index is 12.6. The zero-order valence-corrected chi connectivity index (χ0v) is 24.0. The summed E-state index contributed by atoms with van der Waals surface area (Å²) in [5, 5.41) is 12.9. The summed E-state index contributed by atoms with van der Waals surface area (Å²) < 4.78 is 29.9. The maximum atomic E-state index is 12.6. The number of ketones is 1. The van der Waals surface area contributed by atoms with Gasteiger partial charge in [-0.15, -0.1) is 0 Å². The van der Waals surface area contributed by atoms with E-state index >= 15 is 0 Å². The number of likely N-dealkylation sites (N-methyl/N-ethyl adjacent to an activating group) is 1. The first-order chi connectivity index (χ1) is 17.8. The Bertz CT molecular complexity index is 1320. The molecule has 3 rings (SSSR count). The first-order valence-corrected chi connectivity index (χ1v) is 14.7. The van der Waals surface area contributed by atoms with Gasteiger partial charge in [0.25, 0.3) is 0 Å². The molecule has 1 atom stereocenters. The zero-order chi connectivity index (χ0) is 28.2. The number of rotatable bonds is 10. The Kier molecular flexibility index (Phi) is 9.74. The minimum absolute atomic E-state index is 0.0754. The van der Waals surface area contributed by atoms with Gasteiger partial charge in [0.05, 0.1) is 21.5 Å². The Morgan fingerprint density at radius 1 is 1.29 bits per heavy atom. The van der Waals surface area contributed by atoms with Crippen LogP contribution in [0.2, 0.25) is 5.02 Å². The molecule has 2 aromatic rings. The molecule has 1 fully saturated rings. The van der Waals surface area contributed by atoms with Crippen LogP contribution >= 0.6 is 11.6 Å². The van der Waals surface area contributed by atoms with E-state index in [1.807, 2.05) is 11.8 Å². The van der Waals surface area contributed by atoms with Crippen LogP contribution in [0.4, 0.5) is 5.82 Å². The summed E-state index contributed by atoms with van der Waals surface area (Å²) in [7, 11) is -1.40. The third kappa shape index (κ3) is 7.02. The molecule has 0 spiro atoms. The first kappa shape index (κ1) is 29.8. The van der Waals surface area contributed by atoms with Crippen LogP contribution in [0.25, 0.3) is 17.0 Å². The lowest BCUT2D eigenvalue weighted by molar-refractivity contribution is -0.111. The van der Waals surface area contributed by atoms with E-state index in [0.717, 1.165) is 0 Å². The fourth-order valence-corrected chi connectivity index (χ4v) is 5.83. The fourth-order valence-electron chi connectivity index (χ4n) is 4.56. The number of piperidine rings is 1. The van der Waals surface area contributed by atoms with Gasteiger partial charge in [-0.05, 0) is 58.9 Å². The van der Waals surface area contributed by atoms with Crippen LogP contribution in [0, 0.1) is 6.92 Å². The molecule has 12 heteroatoms. The van der Waals surface area contributed by atoms with Crippen LogP contribution in [0.3, 0.4) is 0 Å². The number of carbonyl (C=O) groups is 1. The molecule has 0 aliphatic carbocycles. The highest BCUT2D eigenvalue weighted by Crippen LogP contribution is 2.35. The number of allylic oxidation sites excluding steroid dienone is 2. The second-order valence-electron chi connectivity index (χ2n) is 9.64. The van der Waals surface area contributed by atoms with Crippen molar-refractivity contribution in [2.24, 2.45) is 5.73 Å². The topological polar surface area (TPSA) is 148 Å². The predicted octanol–water partition coefficient (Wildman–Crippen LogP) is 2.36. The van der Waals surface area contributed by atoms with Crippen molar-refractivity contribution in [1.82, 2.24) is 15.3 Å². The average Bonchev–Trinajstić information content (AvgIpc) is 2.84. The highest BCUT2D eigenvalue weighted by atomic mass is 35.5. The number of halogens is 1. The lowest BCUT2D eigenvalue weighted by atomic mass is 10.0. The minimum Gasteiger partial charge on any atom is -0.491 e. The van der Waals surface area contributed by atoms with Gasteiger partial charge in [-0.1, -0.05) is 11.6 Å². The molecule has 10 nitrogen and oxygen atoms in total. The van der Waals surface area contributed by atoms with E-state index in [9.17, 15) is 18.3 Å². The number of hydrogen-bond donors (Lipinski definition) is 3. The molecule has 1 aliphatic heterocycles. The lowest BCUT2D eigenvalue weighted by Gasteiger charge is -2.33. The number of nitrogens with one attached hydrogen (secondary N) is 1. The van der Waals surface area contributed by atoms with Crippen molar-refractivity contribution in [2.75, 3.05) is 44.4 Å². The van der Waals surface area contributed by atoms with Crippen LogP contribution in [0.1, 0.15) is 37.9 Å². The van der Waals surface area contributed by atoms with E-state index in [2.05, 4.69) is 5.32 Å². The smallest absolute Gasteiger partial charge is 0.163 e. The minimum atomic E-state index is -3.14. The molecule has 0 saturated carbocycles. The molecule has 1 aromatic heterocycles. The normalized spacial score (nSPS) is 16.2. The van der Waals surface area contributed by atoms with E-state index in [-0.39, 0.29) is 23.8 Å². The van der Waals surface area contributed by atoms with Gasteiger partial charge in [-0.3, -0.25) is 4.79 Å². The highest BCUT2D eigenvalue weighted by Gasteiger charge is 2.30. The second-order valence-corrected chi connectivity index (χ2v) is 12.4. The van der Waals surface area contributed by atoms with Crippen LogP contribution in [0.5, 0.6) is 5.75 Å². The van der Waals surface area contributed by atoms with E-state index in [4.69, 9.17) is 32.0 Å². The fraction of sp³-hybridized carbons (Fsp3) is 0.500. The number of anilines is 1. The summed E-state index contributed by atoms with van der Waals surface area (Å²) in [6.45, 7) is 6.32. The largest absolute Gasteiger partial charge is 0.491 e. The quantitative estimate of drug-likeness (QED) is 0.367. The van der Waals surface area contributed by atoms with Crippen LogP contribution < -0.4 is 20.7 Å². The molecule has 0 amide bonds. The SMILES string of the molecule is CNC[C@@H](O)COc1ccc(Cl)c(-c2nc(C(C(C)=O)=C(C)N)c(C)c(N3CCC(S(C)(=O)=O)CC3)n2)c1. The van der Waals surface area contributed by atoms with Crippen molar-refractivity contribution in [3.05, 3.63) is 40.2 Å². The van der Waals surface area contributed by atoms with Crippen LogP contribution in [-0.2, 0) is 14.6 Å². The summed E-state index contributed by atoms with van der Waals surface area (Å²) in [4.78, 5) is 24.2. The number of nitrogens with zero attached hydrogens (tertiary/aromatic N) is 3. The molecule has 0 radical (unpaired) electrons. The van der Waals surface area contributed by atoms with Gasteiger partial charge < -0.3 is 25.8 Å². The molecule has 38 heavy (non-hydrogen) atoms. The summed E-state index contributed by atoms with van der Waals surface area (Å²) in [6, 6.07) is 5.04. The summed E-state index contributed by atoms with van der Waals surface area (Å²) in [6.07, 6.45) is 1.51. The van der Waals surface area contributed by atoms with E-state index in [1.54, 1.807) is 32.2 Å². The number of aliphatic hydroxyl groups excluding tert-OH is 1. The molecule has 1 saturated heterocycles. The van der Waals surface area contributed by atoms with E-state index in [1.165, 1.54) is 13.2 Å². The highest BCUT2D eigenvalue weighted by molar-refractivity contribution is 7.91. The Labute approximate surface area is 229 Å². The van der Waals surface area contributed by atoms with Gasteiger partial charge in [-0.2, -0.15) is 0 Å². The number of hydrogen-bond acceptors (Lipinski definition) is 10. The molecule has 208 valence electrons. The van der Waals surface area contributed by atoms with E-state index in [0.29, 0.717) is 71.6 Å². The van der Waals surface area contributed by atoms with Crippen molar-refractivity contribution in [1.29, 1.82) is 0 Å². The van der Waals surface area contributed by atoms with Crippen molar-refractivity contribution in [2.45, 2.75) is 45.0 Å². The number of nitrogens with two attached hydrogens (primary N) is 1. The molecule has 4 N–H and O–H groups in total. The Balaban J connectivity index is 2.11. The van der Waals surface area contributed by atoms with Gasteiger partial charge in [0.15, 0.2) is 11.6 Å². The van der Waals surface area contributed by atoms with Crippen LogP contribution in [0.15, 0.2) is 23.9 Å².